The van der Waals surface area contributed by atoms with Gasteiger partial charge in [-0.2, -0.15) is 0 Å². The van der Waals surface area contributed by atoms with E-state index >= 15 is 0 Å². The Balaban J connectivity index is 1.87. The zero-order chi connectivity index (χ0) is 11.4. The molecular formula is C11H12BrNO2S. The number of pyridine rings is 1. The highest BCUT2D eigenvalue weighted by Crippen LogP contribution is 2.26. The van der Waals surface area contributed by atoms with E-state index in [0.29, 0.717) is 19.0 Å². The smallest absolute Gasteiger partial charge is 0.148 e. The van der Waals surface area contributed by atoms with Gasteiger partial charge in [0.15, 0.2) is 0 Å². The lowest BCUT2D eigenvalue weighted by Crippen LogP contribution is -2.16. The molecule has 0 amide bonds. The Bertz CT molecular complexity index is 380. The second kappa shape index (κ2) is 5.80. The van der Waals surface area contributed by atoms with E-state index in [0.717, 1.165) is 15.9 Å². The van der Waals surface area contributed by atoms with Crippen molar-refractivity contribution in [2.24, 2.45) is 5.92 Å². The Kier molecular flexibility index (Phi) is 4.37. The molecule has 1 aromatic heterocycles. The molecule has 0 radical (unpaired) electrons. The molecule has 1 aromatic rings. The van der Waals surface area contributed by atoms with Crippen LogP contribution >= 0.6 is 27.7 Å². The van der Waals surface area contributed by atoms with Crippen LogP contribution in [0.25, 0.3) is 0 Å². The molecule has 0 spiro atoms. The Morgan fingerprint density at radius 3 is 3.25 bits per heavy atom. The average Bonchev–Trinajstić information content (AvgIpc) is 2.81. The van der Waals surface area contributed by atoms with Crippen molar-refractivity contribution >= 4 is 33.5 Å². The van der Waals surface area contributed by atoms with Gasteiger partial charge in [0.2, 0.25) is 0 Å². The number of ether oxygens (including phenoxy) is 1. The molecule has 0 aliphatic carbocycles. The normalized spacial score (nSPS) is 19.9. The van der Waals surface area contributed by atoms with Crippen molar-refractivity contribution in [1.29, 1.82) is 0 Å². The first-order valence-corrected chi connectivity index (χ1v) is 6.89. The van der Waals surface area contributed by atoms with Crippen LogP contribution < -0.4 is 0 Å². The molecule has 2 heterocycles. The van der Waals surface area contributed by atoms with Gasteiger partial charge in [0.1, 0.15) is 10.8 Å². The average molecular weight is 302 g/mol. The zero-order valence-electron chi connectivity index (χ0n) is 8.69. The molecule has 1 aliphatic rings. The minimum atomic E-state index is 0.0926. The molecule has 0 N–H and O–H groups in total. The summed E-state index contributed by atoms with van der Waals surface area (Å²) >= 11 is 4.89. The summed E-state index contributed by atoms with van der Waals surface area (Å²) in [4.78, 5) is 16.0. The van der Waals surface area contributed by atoms with Crippen LogP contribution in [-0.4, -0.2) is 29.7 Å². The maximum absolute atomic E-state index is 11.8. The summed E-state index contributed by atoms with van der Waals surface area (Å²) in [5.74, 6) is 0.832. The van der Waals surface area contributed by atoms with Crippen LogP contribution in [0.15, 0.2) is 27.8 Å². The summed E-state index contributed by atoms with van der Waals surface area (Å²) in [6.45, 7) is 1.30. The summed E-state index contributed by atoms with van der Waals surface area (Å²) in [5.41, 5.74) is 0. The summed E-state index contributed by atoms with van der Waals surface area (Å²) in [6.07, 6.45) is 2.60. The van der Waals surface area contributed by atoms with Crippen LogP contribution in [0.4, 0.5) is 0 Å². The van der Waals surface area contributed by atoms with E-state index in [1.165, 1.54) is 11.8 Å². The molecule has 2 rings (SSSR count). The number of carbonyl (C=O) groups is 1. The fourth-order valence-corrected chi connectivity index (χ4v) is 2.98. The van der Waals surface area contributed by atoms with Crippen molar-refractivity contribution < 1.29 is 9.53 Å². The molecule has 0 bridgehead atoms. The van der Waals surface area contributed by atoms with Crippen molar-refractivity contribution in [3.63, 3.8) is 0 Å². The highest BCUT2D eigenvalue weighted by Gasteiger charge is 2.23. The number of halogens is 1. The maximum Gasteiger partial charge on any atom is 0.148 e. The summed E-state index contributed by atoms with van der Waals surface area (Å²) < 4.78 is 6.14. The molecule has 5 heteroatoms. The fraction of sp³-hybridized carbons (Fsp3) is 0.455. The molecule has 1 aliphatic heterocycles. The number of hydrogen-bond acceptors (Lipinski definition) is 4. The number of aromatic nitrogens is 1. The van der Waals surface area contributed by atoms with Gasteiger partial charge in [-0.15, -0.1) is 0 Å². The Hall–Kier alpha value is -0.390. The minimum Gasteiger partial charge on any atom is -0.381 e. The number of hydrogen-bond donors (Lipinski definition) is 0. The van der Waals surface area contributed by atoms with E-state index in [-0.39, 0.29) is 11.7 Å². The molecule has 1 saturated heterocycles. The van der Waals surface area contributed by atoms with Gasteiger partial charge in [-0.1, -0.05) is 11.8 Å². The van der Waals surface area contributed by atoms with Crippen molar-refractivity contribution in [2.45, 2.75) is 11.4 Å². The van der Waals surface area contributed by atoms with E-state index in [9.17, 15) is 4.79 Å². The van der Waals surface area contributed by atoms with Crippen LogP contribution in [0.3, 0.4) is 0 Å². The lowest BCUT2D eigenvalue weighted by atomic mass is 10.1. The van der Waals surface area contributed by atoms with Crippen LogP contribution in [0, 0.1) is 5.92 Å². The molecule has 16 heavy (non-hydrogen) atoms. The molecule has 1 atom stereocenters. The standard InChI is InChI=1S/C11H12BrNO2S/c12-9-2-1-4-13-11(9)16-7-10(14)8-3-5-15-6-8/h1-2,4,8H,3,5-7H2. The Labute approximate surface area is 107 Å². The highest BCUT2D eigenvalue weighted by atomic mass is 79.9. The molecule has 1 fully saturated rings. The molecule has 0 aromatic carbocycles. The first-order valence-electron chi connectivity index (χ1n) is 5.11. The Morgan fingerprint density at radius 1 is 1.69 bits per heavy atom. The van der Waals surface area contributed by atoms with Crippen molar-refractivity contribution in [2.75, 3.05) is 19.0 Å². The third-order valence-electron chi connectivity index (χ3n) is 2.46. The van der Waals surface area contributed by atoms with Crippen LogP contribution in [0.2, 0.25) is 0 Å². The Morgan fingerprint density at radius 2 is 2.56 bits per heavy atom. The number of carbonyl (C=O) groups excluding carboxylic acids is 1. The third kappa shape index (κ3) is 3.06. The van der Waals surface area contributed by atoms with E-state index < -0.39 is 0 Å². The number of rotatable bonds is 4. The van der Waals surface area contributed by atoms with Gasteiger partial charge in [-0.3, -0.25) is 4.79 Å². The van der Waals surface area contributed by atoms with Crippen LogP contribution in [0.5, 0.6) is 0 Å². The van der Waals surface area contributed by atoms with Crippen LogP contribution in [-0.2, 0) is 9.53 Å². The lowest BCUT2D eigenvalue weighted by Gasteiger charge is -2.06. The first-order chi connectivity index (χ1) is 7.77. The predicted molar refractivity (Wildman–Crippen MR) is 66.6 cm³/mol. The second-order valence-electron chi connectivity index (χ2n) is 3.61. The monoisotopic (exact) mass is 301 g/mol. The summed E-state index contributed by atoms with van der Waals surface area (Å²) in [7, 11) is 0. The number of nitrogens with zero attached hydrogens (tertiary/aromatic N) is 1. The van der Waals surface area contributed by atoms with E-state index in [4.69, 9.17) is 4.74 Å². The lowest BCUT2D eigenvalue weighted by molar-refractivity contribution is -0.120. The van der Waals surface area contributed by atoms with E-state index in [2.05, 4.69) is 20.9 Å². The summed E-state index contributed by atoms with van der Waals surface area (Å²) in [6, 6.07) is 3.79. The van der Waals surface area contributed by atoms with Crippen LogP contribution in [0.1, 0.15) is 6.42 Å². The molecular weight excluding hydrogens is 290 g/mol. The molecule has 1 unspecified atom stereocenters. The quantitative estimate of drug-likeness (QED) is 0.801. The molecule has 86 valence electrons. The zero-order valence-corrected chi connectivity index (χ0v) is 11.1. The largest absolute Gasteiger partial charge is 0.381 e. The van der Waals surface area contributed by atoms with Gasteiger partial charge in [-0.25, -0.2) is 4.98 Å². The van der Waals surface area contributed by atoms with Gasteiger partial charge in [0.05, 0.1) is 12.4 Å². The SMILES string of the molecule is O=C(CSc1ncccc1Br)C1CCOC1. The highest BCUT2D eigenvalue weighted by molar-refractivity contribution is 9.10. The summed E-state index contributed by atoms with van der Waals surface area (Å²) in [5, 5.41) is 0.870. The molecule has 3 nitrogen and oxygen atoms in total. The second-order valence-corrected chi connectivity index (χ2v) is 5.42. The van der Waals surface area contributed by atoms with E-state index in [1.54, 1.807) is 6.20 Å². The van der Waals surface area contributed by atoms with Crippen molar-refractivity contribution in [3.05, 3.63) is 22.8 Å². The van der Waals surface area contributed by atoms with Gasteiger partial charge < -0.3 is 4.74 Å². The topological polar surface area (TPSA) is 39.2 Å². The fourth-order valence-electron chi connectivity index (χ4n) is 1.52. The van der Waals surface area contributed by atoms with Gasteiger partial charge >= 0.3 is 0 Å². The number of ketones is 1. The van der Waals surface area contributed by atoms with Gasteiger partial charge in [-0.05, 0) is 34.5 Å². The predicted octanol–water partition coefficient (Wildman–Crippen LogP) is 2.54. The molecule has 0 saturated carbocycles. The van der Waals surface area contributed by atoms with Gasteiger partial charge in [0.25, 0.3) is 0 Å². The number of Topliss-reactive ketones (excluding diaryl/α,β-unsaturated/α-hetero) is 1. The number of thioether (sulfide) groups is 1. The minimum absolute atomic E-state index is 0.0926. The van der Waals surface area contributed by atoms with E-state index in [1.807, 2.05) is 12.1 Å². The third-order valence-corrected chi connectivity index (χ3v) is 4.39. The van der Waals surface area contributed by atoms with Crippen molar-refractivity contribution in [3.8, 4) is 0 Å². The maximum atomic E-state index is 11.8. The first kappa shape index (κ1) is 12.1. The van der Waals surface area contributed by atoms with Crippen molar-refractivity contribution in [1.82, 2.24) is 4.98 Å². The van der Waals surface area contributed by atoms with Gasteiger partial charge in [0, 0.05) is 23.2 Å².